The van der Waals surface area contributed by atoms with E-state index in [4.69, 9.17) is 0 Å². The first-order valence-corrected chi connectivity index (χ1v) is 9.88. The van der Waals surface area contributed by atoms with E-state index in [0.717, 1.165) is 18.9 Å². The highest BCUT2D eigenvalue weighted by Crippen LogP contribution is 2.55. The molecule has 1 aliphatic rings. The number of rotatable bonds is 9. The van der Waals surface area contributed by atoms with Crippen molar-refractivity contribution in [1.82, 2.24) is 4.31 Å². The first-order valence-electron chi connectivity index (χ1n) is 8.44. The molecular weight excluding hydrogens is 429 g/mol. The quantitative estimate of drug-likeness (QED) is 0.271. The Morgan fingerprint density at radius 3 is 2.04 bits per heavy atom. The van der Waals surface area contributed by atoms with E-state index in [1.807, 2.05) is 6.92 Å². The fraction of sp³-hybridized carbons (Fsp3) is 0.867. The number of unbranched alkanes of at least 4 members (excludes halogenated alkanes) is 3. The first kappa shape index (κ1) is 25.1. The highest BCUT2D eigenvalue weighted by molar-refractivity contribution is 7.90. The van der Waals surface area contributed by atoms with Gasteiger partial charge < -0.3 is 0 Å². The fourth-order valence-electron chi connectivity index (χ4n) is 2.69. The van der Waals surface area contributed by atoms with E-state index in [1.54, 1.807) is 0 Å². The molecule has 1 fully saturated rings. The van der Waals surface area contributed by atoms with Crippen LogP contribution in [0, 0.1) is 0 Å². The Morgan fingerprint density at radius 1 is 0.964 bits per heavy atom. The summed E-state index contributed by atoms with van der Waals surface area (Å²) in [6, 6.07) is -1.33. The van der Waals surface area contributed by atoms with Gasteiger partial charge in [0.15, 0.2) is 0 Å². The predicted octanol–water partition coefficient (Wildman–Crippen LogP) is 5.34. The average Bonchev–Trinajstić information content (AvgIpc) is 3.02. The third-order valence-electron chi connectivity index (χ3n) is 4.33. The van der Waals surface area contributed by atoms with Crippen molar-refractivity contribution in [1.29, 1.82) is 0 Å². The molecule has 1 heterocycles. The molecule has 28 heavy (non-hydrogen) atoms. The number of halogens is 9. The standard InChI is InChI=1S/C15H20F9NO2S/c1-2-3-4-5-6-8-11-9-7-10-25(11)28(26,27)15(23,24)13(18,19)12(16,17)14(20,21)22/h6,8,11H,2-5,7,9-10H2,1H3/b8-6+/t11-/m1/s1. The molecule has 0 saturated carbocycles. The van der Waals surface area contributed by atoms with Crippen LogP contribution in [0.1, 0.15) is 45.4 Å². The van der Waals surface area contributed by atoms with E-state index >= 15 is 0 Å². The maximum Gasteiger partial charge on any atom is 0.460 e. The fourth-order valence-corrected chi connectivity index (χ4v) is 4.34. The molecule has 0 N–H and O–H groups in total. The lowest BCUT2D eigenvalue weighted by Crippen LogP contribution is -2.65. The van der Waals surface area contributed by atoms with Crippen LogP contribution < -0.4 is 0 Å². The van der Waals surface area contributed by atoms with Gasteiger partial charge in [-0.2, -0.15) is 43.8 Å². The van der Waals surface area contributed by atoms with Crippen LogP contribution in [-0.2, 0) is 10.0 Å². The summed E-state index contributed by atoms with van der Waals surface area (Å²) in [6.07, 6.45) is -1.73. The smallest absolute Gasteiger partial charge is 0.206 e. The van der Waals surface area contributed by atoms with Gasteiger partial charge in [-0.3, -0.25) is 0 Å². The molecular formula is C15H20F9NO2S. The summed E-state index contributed by atoms with van der Waals surface area (Å²) in [5, 5.41) is -6.67. The highest BCUT2D eigenvalue weighted by atomic mass is 32.2. The van der Waals surface area contributed by atoms with Crippen LogP contribution in [0.5, 0.6) is 0 Å². The molecule has 0 unspecified atom stereocenters. The molecule has 166 valence electrons. The van der Waals surface area contributed by atoms with E-state index in [-0.39, 0.29) is 17.1 Å². The molecule has 0 amide bonds. The minimum absolute atomic E-state index is 0.0412. The lowest BCUT2D eigenvalue weighted by Gasteiger charge is -2.35. The van der Waals surface area contributed by atoms with Crippen molar-refractivity contribution in [2.24, 2.45) is 0 Å². The maximum absolute atomic E-state index is 13.9. The summed E-state index contributed by atoms with van der Waals surface area (Å²) >= 11 is 0. The molecule has 0 aromatic rings. The number of nitrogens with zero attached hydrogens (tertiary/aromatic N) is 1. The molecule has 13 heteroatoms. The van der Waals surface area contributed by atoms with Gasteiger partial charge in [0.25, 0.3) is 10.0 Å². The van der Waals surface area contributed by atoms with Crippen molar-refractivity contribution in [2.75, 3.05) is 6.54 Å². The van der Waals surface area contributed by atoms with Crippen molar-refractivity contribution < 1.29 is 47.9 Å². The normalized spacial score (nSPS) is 21.0. The Balaban J connectivity index is 3.18. The zero-order chi connectivity index (χ0) is 22.0. The molecule has 1 atom stereocenters. The summed E-state index contributed by atoms with van der Waals surface area (Å²) in [7, 11) is -6.52. The van der Waals surface area contributed by atoms with Crippen LogP contribution in [0.4, 0.5) is 39.5 Å². The Kier molecular flexibility index (Phi) is 7.52. The van der Waals surface area contributed by atoms with Crippen molar-refractivity contribution in [3.05, 3.63) is 12.2 Å². The monoisotopic (exact) mass is 449 g/mol. The molecule has 0 aromatic heterocycles. The van der Waals surface area contributed by atoms with Gasteiger partial charge in [-0.05, 0) is 25.7 Å². The molecule has 1 aliphatic heterocycles. The van der Waals surface area contributed by atoms with Crippen LogP contribution in [0.3, 0.4) is 0 Å². The van der Waals surface area contributed by atoms with Crippen LogP contribution in [0.15, 0.2) is 12.2 Å². The van der Waals surface area contributed by atoms with Gasteiger partial charge >= 0.3 is 23.3 Å². The summed E-state index contributed by atoms with van der Waals surface area (Å²) in [5.74, 6) is -14.4. The van der Waals surface area contributed by atoms with E-state index in [0.29, 0.717) is 12.8 Å². The number of hydrogen-bond donors (Lipinski definition) is 0. The molecule has 0 radical (unpaired) electrons. The summed E-state index contributed by atoms with van der Waals surface area (Å²) in [6.45, 7) is 1.21. The third kappa shape index (κ3) is 4.29. The van der Waals surface area contributed by atoms with Gasteiger partial charge in [0, 0.05) is 12.6 Å². The van der Waals surface area contributed by atoms with Gasteiger partial charge in [0.05, 0.1) is 0 Å². The lowest BCUT2D eigenvalue weighted by atomic mass is 10.1. The summed E-state index contributed by atoms with van der Waals surface area (Å²) in [4.78, 5) is 0. The Hall–Kier alpha value is -0.980. The minimum Gasteiger partial charge on any atom is -0.206 e. The molecule has 0 aliphatic carbocycles. The largest absolute Gasteiger partial charge is 0.460 e. The van der Waals surface area contributed by atoms with E-state index in [2.05, 4.69) is 0 Å². The topological polar surface area (TPSA) is 37.4 Å². The zero-order valence-corrected chi connectivity index (χ0v) is 15.6. The number of allylic oxidation sites excluding steroid dienone is 1. The predicted molar refractivity (Wildman–Crippen MR) is 82.8 cm³/mol. The molecule has 1 saturated heterocycles. The first-order chi connectivity index (χ1) is 12.6. The molecule has 0 spiro atoms. The number of sulfonamides is 1. The SMILES string of the molecule is CCCCC/C=C/[C@@H]1CCCN1S(=O)(=O)C(F)(F)C(F)(F)C(F)(F)C(F)(F)F. The van der Waals surface area contributed by atoms with Crippen LogP contribution in [-0.4, -0.2) is 48.6 Å². The van der Waals surface area contributed by atoms with Crippen LogP contribution >= 0.6 is 0 Å². The Labute approximate surface area is 156 Å². The highest BCUT2D eigenvalue weighted by Gasteiger charge is 2.86. The van der Waals surface area contributed by atoms with E-state index < -0.39 is 45.9 Å². The number of alkyl halides is 9. The number of hydrogen-bond acceptors (Lipinski definition) is 2. The lowest BCUT2D eigenvalue weighted by molar-refractivity contribution is -0.382. The van der Waals surface area contributed by atoms with Gasteiger partial charge in [0.2, 0.25) is 0 Å². The average molecular weight is 449 g/mol. The van der Waals surface area contributed by atoms with Crippen molar-refractivity contribution >= 4 is 10.0 Å². The summed E-state index contributed by atoms with van der Waals surface area (Å²) in [5.41, 5.74) is 0. The Bertz CT molecular complexity index is 659. The second-order valence-electron chi connectivity index (χ2n) is 6.41. The van der Waals surface area contributed by atoms with Gasteiger partial charge in [-0.15, -0.1) is 0 Å². The van der Waals surface area contributed by atoms with Crippen molar-refractivity contribution in [2.45, 2.75) is 74.8 Å². The second kappa shape index (κ2) is 8.41. The van der Waals surface area contributed by atoms with E-state index in [9.17, 15) is 47.9 Å². The minimum atomic E-state index is -7.25. The zero-order valence-electron chi connectivity index (χ0n) is 14.8. The van der Waals surface area contributed by atoms with Crippen LogP contribution in [0.2, 0.25) is 0 Å². The van der Waals surface area contributed by atoms with Gasteiger partial charge in [-0.1, -0.05) is 31.9 Å². The van der Waals surface area contributed by atoms with Crippen molar-refractivity contribution in [3.8, 4) is 0 Å². The molecule has 0 bridgehead atoms. The molecule has 1 rings (SSSR count). The van der Waals surface area contributed by atoms with Crippen molar-refractivity contribution in [3.63, 3.8) is 0 Å². The molecule has 3 nitrogen and oxygen atoms in total. The second-order valence-corrected chi connectivity index (χ2v) is 8.34. The van der Waals surface area contributed by atoms with Gasteiger partial charge in [-0.25, -0.2) is 8.42 Å². The third-order valence-corrected chi connectivity index (χ3v) is 6.30. The Morgan fingerprint density at radius 2 is 1.54 bits per heavy atom. The molecule has 0 aromatic carbocycles. The van der Waals surface area contributed by atoms with Gasteiger partial charge in [0.1, 0.15) is 0 Å². The van der Waals surface area contributed by atoms with Crippen LogP contribution in [0.25, 0.3) is 0 Å². The summed E-state index contributed by atoms with van der Waals surface area (Å²) < 4.78 is 141. The van der Waals surface area contributed by atoms with E-state index in [1.165, 1.54) is 6.08 Å². The maximum atomic E-state index is 13.9.